The van der Waals surface area contributed by atoms with E-state index in [0.29, 0.717) is 11.4 Å². The van der Waals surface area contributed by atoms with Crippen LogP contribution in [0.1, 0.15) is 5.69 Å². The van der Waals surface area contributed by atoms with Crippen molar-refractivity contribution in [1.29, 1.82) is 0 Å². The van der Waals surface area contributed by atoms with Crippen molar-refractivity contribution in [3.05, 3.63) is 23.2 Å². The monoisotopic (exact) mass is 213 g/mol. The van der Waals surface area contributed by atoms with E-state index in [1.807, 2.05) is 6.07 Å². The summed E-state index contributed by atoms with van der Waals surface area (Å²) in [6.45, 7) is 2.76. The second-order valence-corrected chi connectivity index (χ2v) is 3.71. The number of aromatic nitrogens is 2. The van der Waals surface area contributed by atoms with E-state index in [4.69, 9.17) is 16.3 Å². The number of rotatable bonds is 3. The highest BCUT2D eigenvalue weighted by molar-refractivity contribution is 6.28. The number of hydrogen-bond acceptors (Lipinski definition) is 4. The summed E-state index contributed by atoms with van der Waals surface area (Å²) in [6, 6.07) is 1.88. The van der Waals surface area contributed by atoms with Crippen molar-refractivity contribution in [2.45, 2.75) is 12.6 Å². The van der Waals surface area contributed by atoms with Gasteiger partial charge in [-0.25, -0.2) is 9.97 Å². The summed E-state index contributed by atoms with van der Waals surface area (Å²) in [5.41, 5.74) is 0.958. The Bertz CT molecular complexity index is 315. The van der Waals surface area contributed by atoms with Gasteiger partial charge in [0, 0.05) is 32.9 Å². The summed E-state index contributed by atoms with van der Waals surface area (Å²) in [5.74, 6) is 0. The summed E-state index contributed by atoms with van der Waals surface area (Å²) in [5, 5.41) is 0.311. The van der Waals surface area contributed by atoms with E-state index in [2.05, 4.69) is 14.9 Å². The fourth-order valence-electron chi connectivity index (χ4n) is 1.49. The van der Waals surface area contributed by atoms with Crippen LogP contribution < -0.4 is 0 Å². The zero-order chi connectivity index (χ0) is 9.97. The molecule has 0 spiro atoms. The third-order valence-electron chi connectivity index (χ3n) is 2.33. The average molecular weight is 214 g/mol. The summed E-state index contributed by atoms with van der Waals surface area (Å²) in [6.07, 6.45) is 2.06. The maximum absolute atomic E-state index is 5.68. The highest BCUT2D eigenvalue weighted by Gasteiger charge is 2.26. The minimum Gasteiger partial charge on any atom is -0.379 e. The van der Waals surface area contributed by atoms with Gasteiger partial charge in [-0.1, -0.05) is 0 Å². The topological polar surface area (TPSA) is 38.2 Å². The Hall–Kier alpha value is -0.710. The van der Waals surface area contributed by atoms with Gasteiger partial charge < -0.3 is 4.74 Å². The van der Waals surface area contributed by atoms with Crippen molar-refractivity contribution >= 4 is 11.6 Å². The Kier molecular flexibility index (Phi) is 2.96. The maximum atomic E-state index is 5.68. The molecule has 2 rings (SSSR count). The average Bonchev–Trinajstić information content (AvgIpc) is 2.10. The fourth-order valence-corrected chi connectivity index (χ4v) is 1.65. The summed E-state index contributed by atoms with van der Waals surface area (Å²) >= 11 is 5.68. The molecule has 76 valence electrons. The van der Waals surface area contributed by atoms with Crippen LogP contribution >= 0.6 is 11.6 Å². The van der Waals surface area contributed by atoms with Gasteiger partial charge >= 0.3 is 0 Å². The summed E-state index contributed by atoms with van der Waals surface area (Å²) in [4.78, 5) is 10.2. The molecule has 5 heteroatoms. The van der Waals surface area contributed by atoms with Crippen LogP contribution in [-0.2, 0) is 11.3 Å². The minimum absolute atomic E-state index is 0.311. The van der Waals surface area contributed by atoms with E-state index in [0.717, 1.165) is 25.3 Å². The van der Waals surface area contributed by atoms with Crippen molar-refractivity contribution in [3.8, 4) is 0 Å². The molecule has 0 aliphatic carbocycles. The second-order valence-electron chi connectivity index (χ2n) is 3.37. The Morgan fingerprint density at radius 3 is 3.07 bits per heavy atom. The molecule has 14 heavy (non-hydrogen) atoms. The van der Waals surface area contributed by atoms with Crippen LogP contribution in [0.4, 0.5) is 0 Å². The van der Waals surface area contributed by atoms with Crippen LogP contribution in [0.25, 0.3) is 0 Å². The van der Waals surface area contributed by atoms with Crippen molar-refractivity contribution in [1.82, 2.24) is 14.9 Å². The Morgan fingerprint density at radius 2 is 2.43 bits per heavy atom. The van der Waals surface area contributed by atoms with E-state index in [-0.39, 0.29) is 0 Å². The van der Waals surface area contributed by atoms with Gasteiger partial charge in [-0.05, 0) is 17.7 Å². The van der Waals surface area contributed by atoms with Crippen LogP contribution in [0.2, 0.25) is 5.28 Å². The number of methoxy groups -OCH3 is 1. The molecule has 1 aliphatic rings. The zero-order valence-corrected chi connectivity index (χ0v) is 8.74. The first-order valence-electron chi connectivity index (χ1n) is 4.50. The number of hydrogen-bond donors (Lipinski definition) is 0. The minimum atomic E-state index is 0.311. The number of nitrogens with zero attached hydrogens (tertiary/aromatic N) is 3. The van der Waals surface area contributed by atoms with Gasteiger partial charge in [-0.3, -0.25) is 4.90 Å². The third kappa shape index (κ3) is 2.20. The quantitative estimate of drug-likeness (QED) is 0.702. The molecule has 1 saturated heterocycles. The lowest BCUT2D eigenvalue weighted by atomic mass is 10.1. The van der Waals surface area contributed by atoms with E-state index < -0.39 is 0 Å². The van der Waals surface area contributed by atoms with Crippen molar-refractivity contribution < 1.29 is 4.74 Å². The summed E-state index contributed by atoms with van der Waals surface area (Å²) < 4.78 is 5.18. The Morgan fingerprint density at radius 1 is 1.64 bits per heavy atom. The molecule has 0 amide bonds. The highest BCUT2D eigenvalue weighted by Crippen LogP contribution is 2.14. The van der Waals surface area contributed by atoms with Crippen LogP contribution in [-0.4, -0.2) is 41.2 Å². The predicted molar refractivity (Wildman–Crippen MR) is 53.1 cm³/mol. The van der Waals surface area contributed by atoms with Gasteiger partial charge in [0.2, 0.25) is 5.28 Å². The molecule has 0 bridgehead atoms. The maximum Gasteiger partial charge on any atom is 0.222 e. The van der Waals surface area contributed by atoms with Crippen LogP contribution in [0, 0.1) is 0 Å². The molecule has 0 unspecified atom stereocenters. The molecule has 1 aromatic heterocycles. The molecule has 1 fully saturated rings. The molecule has 4 nitrogen and oxygen atoms in total. The van der Waals surface area contributed by atoms with Crippen LogP contribution in [0.15, 0.2) is 12.3 Å². The molecule has 0 atom stereocenters. The first-order valence-corrected chi connectivity index (χ1v) is 4.88. The van der Waals surface area contributed by atoms with Gasteiger partial charge in [0.05, 0.1) is 11.8 Å². The zero-order valence-electron chi connectivity index (χ0n) is 7.98. The third-order valence-corrected chi connectivity index (χ3v) is 2.51. The van der Waals surface area contributed by atoms with Gasteiger partial charge in [0.25, 0.3) is 0 Å². The molecular weight excluding hydrogens is 202 g/mol. The van der Waals surface area contributed by atoms with E-state index in [9.17, 15) is 0 Å². The van der Waals surface area contributed by atoms with Crippen molar-refractivity contribution in [2.75, 3.05) is 20.2 Å². The van der Waals surface area contributed by atoms with E-state index in [1.54, 1.807) is 13.3 Å². The molecule has 2 heterocycles. The highest BCUT2D eigenvalue weighted by atomic mass is 35.5. The van der Waals surface area contributed by atoms with Gasteiger partial charge in [0.15, 0.2) is 0 Å². The standard InChI is InChI=1S/C9H12ClN3O/c1-14-8-5-13(6-8)4-7-2-3-11-9(10)12-7/h2-3,8H,4-6H2,1H3. The largest absolute Gasteiger partial charge is 0.379 e. The first kappa shape index (κ1) is 9.83. The molecule has 1 aliphatic heterocycles. The fraction of sp³-hybridized carbons (Fsp3) is 0.556. The smallest absolute Gasteiger partial charge is 0.222 e. The summed E-state index contributed by atoms with van der Waals surface area (Å²) in [7, 11) is 1.74. The first-order chi connectivity index (χ1) is 6.78. The molecule has 0 N–H and O–H groups in total. The van der Waals surface area contributed by atoms with Gasteiger partial charge in [-0.15, -0.1) is 0 Å². The molecule has 1 aromatic rings. The second kappa shape index (κ2) is 4.21. The van der Waals surface area contributed by atoms with Crippen molar-refractivity contribution in [3.63, 3.8) is 0 Å². The van der Waals surface area contributed by atoms with Crippen LogP contribution in [0.5, 0.6) is 0 Å². The Balaban J connectivity index is 1.87. The lowest BCUT2D eigenvalue weighted by Crippen LogP contribution is -2.51. The lowest BCUT2D eigenvalue weighted by molar-refractivity contribution is -0.0339. The van der Waals surface area contributed by atoms with Gasteiger partial charge in [0.1, 0.15) is 0 Å². The van der Waals surface area contributed by atoms with E-state index in [1.165, 1.54) is 0 Å². The molecule has 0 aromatic carbocycles. The molecule has 0 saturated carbocycles. The SMILES string of the molecule is COC1CN(Cc2ccnc(Cl)n2)C1. The number of halogens is 1. The van der Waals surface area contributed by atoms with E-state index >= 15 is 0 Å². The number of likely N-dealkylation sites (tertiary alicyclic amines) is 1. The van der Waals surface area contributed by atoms with Gasteiger partial charge in [-0.2, -0.15) is 0 Å². The molecule has 0 radical (unpaired) electrons. The number of ether oxygens (including phenoxy) is 1. The van der Waals surface area contributed by atoms with Crippen molar-refractivity contribution in [2.24, 2.45) is 0 Å². The molecular formula is C9H12ClN3O. The Labute approximate surface area is 87.9 Å². The van der Waals surface area contributed by atoms with Crippen LogP contribution in [0.3, 0.4) is 0 Å². The lowest BCUT2D eigenvalue weighted by Gasteiger charge is -2.37. The normalized spacial score (nSPS) is 18.1. The predicted octanol–water partition coefficient (Wildman–Crippen LogP) is 0.961.